The molecular formula is C18H21NO3. The van der Waals surface area contributed by atoms with E-state index in [1.54, 1.807) is 13.2 Å². The van der Waals surface area contributed by atoms with E-state index < -0.39 is 0 Å². The summed E-state index contributed by atoms with van der Waals surface area (Å²) in [4.78, 5) is 12.7. The SMILES string of the molecule is COc1cccc(-c2ccc(CO)c(=O)n2C2CCCC2)c1. The van der Waals surface area contributed by atoms with Gasteiger partial charge in [-0.15, -0.1) is 0 Å². The molecule has 1 fully saturated rings. The molecule has 1 aliphatic rings. The maximum atomic E-state index is 12.7. The molecule has 4 nitrogen and oxygen atoms in total. The standard InChI is InChI=1S/C18H21NO3/c1-22-16-8-4-5-13(11-16)17-10-9-14(12-20)18(21)19(17)15-6-2-3-7-15/h4-5,8-11,15,20H,2-3,6-7,12H2,1H3. The van der Waals surface area contributed by atoms with Crippen LogP contribution in [0.4, 0.5) is 0 Å². The zero-order valence-electron chi connectivity index (χ0n) is 12.8. The maximum absolute atomic E-state index is 12.7. The first kappa shape index (κ1) is 14.9. The van der Waals surface area contributed by atoms with E-state index in [-0.39, 0.29) is 18.2 Å². The van der Waals surface area contributed by atoms with Gasteiger partial charge in [0.15, 0.2) is 0 Å². The smallest absolute Gasteiger partial charge is 0.256 e. The number of pyridine rings is 1. The van der Waals surface area contributed by atoms with E-state index in [2.05, 4.69) is 0 Å². The van der Waals surface area contributed by atoms with E-state index in [4.69, 9.17) is 4.74 Å². The second kappa shape index (κ2) is 6.36. The number of aromatic nitrogens is 1. The van der Waals surface area contributed by atoms with Crippen molar-refractivity contribution in [1.29, 1.82) is 0 Å². The molecule has 0 spiro atoms. The van der Waals surface area contributed by atoms with Crippen LogP contribution in [0.25, 0.3) is 11.3 Å². The van der Waals surface area contributed by atoms with Gasteiger partial charge in [0.05, 0.1) is 19.4 Å². The minimum Gasteiger partial charge on any atom is -0.497 e. The Kier molecular flexibility index (Phi) is 4.29. The number of aliphatic hydroxyl groups is 1. The van der Waals surface area contributed by atoms with E-state index in [9.17, 15) is 9.90 Å². The Hall–Kier alpha value is -2.07. The van der Waals surface area contributed by atoms with Gasteiger partial charge in [-0.25, -0.2) is 0 Å². The molecule has 1 aromatic heterocycles. The number of methoxy groups -OCH3 is 1. The van der Waals surface area contributed by atoms with Crippen LogP contribution in [0.3, 0.4) is 0 Å². The second-order valence-corrected chi connectivity index (χ2v) is 5.75. The summed E-state index contributed by atoms with van der Waals surface area (Å²) in [7, 11) is 1.64. The molecule has 0 bridgehead atoms. The van der Waals surface area contributed by atoms with Crippen molar-refractivity contribution in [2.75, 3.05) is 7.11 Å². The van der Waals surface area contributed by atoms with Gasteiger partial charge in [-0.1, -0.05) is 25.0 Å². The Bertz CT molecular complexity index is 715. The fourth-order valence-electron chi connectivity index (χ4n) is 3.26. The van der Waals surface area contributed by atoms with Crippen molar-refractivity contribution in [3.8, 4) is 17.0 Å². The van der Waals surface area contributed by atoms with E-state index in [1.807, 2.05) is 34.9 Å². The van der Waals surface area contributed by atoms with Gasteiger partial charge in [-0.3, -0.25) is 4.79 Å². The van der Waals surface area contributed by atoms with E-state index in [0.717, 1.165) is 42.7 Å². The first-order valence-corrected chi connectivity index (χ1v) is 7.74. The molecule has 1 saturated carbocycles. The summed E-state index contributed by atoms with van der Waals surface area (Å²) >= 11 is 0. The zero-order chi connectivity index (χ0) is 15.5. The molecule has 22 heavy (non-hydrogen) atoms. The Morgan fingerprint density at radius 2 is 2.00 bits per heavy atom. The number of hydrogen-bond acceptors (Lipinski definition) is 3. The number of rotatable bonds is 4. The quantitative estimate of drug-likeness (QED) is 0.943. The Morgan fingerprint density at radius 1 is 1.23 bits per heavy atom. The molecule has 1 N–H and O–H groups in total. The Labute approximate surface area is 130 Å². The fraction of sp³-hybridized carbons (Fsp3) is 0.389. The van der Waals surface area contributed by atoms with Crippen LogP contribution in [0.2, 0.25) is 0 Å². The highest BCUT2D eigenvalue weighted by Gasteiger charge is 2.22. The average Bonchev–Trinajstić information content (AvgIpc) is 3.08. The highest BCUT2D eigenvalue weighted by atomic mass is 16.5. The molecule has 0 unspecified atom stereocenters. The van der Waals surface area contributed by atoms with Gasteiger partial charge in [0, 0.05) is 17.2 Å². The average molecular weight is 299 g/mol. The number of nitrogens with zero attached hydrogens (tertiary/aromatic N) is 1. The van der Waals surface area contributed by atoms with Crippen LogP contribution in [0.5, 0.6) is 5.75 Å². The minimum atomic E-state index is -0.218. The molecule has 1 heterocycles. The number of ether oxygens (including phenoxy) is 1. The summed E-state index contributed by atoms with van der Waals surface area (Å²) in [5.41, 5.74) is 2.24. The van der Waals surface area contributed by atoms with Gasteiger partial charge in [-0.05, 0) is 37.1 Å². The number of aliphatic hydroxyl groups excluding tert-OH is 1. The summed E-state index contributed by atoms with van der Waals surface area (Å²) in [6.07, 6.45) is 4.34. The van der Waals surface area contributed by atoms with Gasteiger partial charge >= 0.3 is 0 Å². The minimum absolute atomic E-state index is 0.0743. The van der Waals surface area contributed by atoms with Crippen LogP contribution in [0.1, 0.15) is 37.3 Å². The van der Waals surface area contributed by atoms with E-state index in [1.165, 1.54) is 0 Å². The van der Waals surface area contributed by atoms with Crippen molar-refractivity contribution in [3.63, 3.8) is 0 Å². The summed E-state index contributed by atoms with van der Waals surface area (Å²) in [5, 5.41) is 9.40. The largest absolute Gasteiger partial charge is 0.497 e. The lowest BCUT2D eigenvalue weighted by molar-refractivity contribution is 0.278. The normalized spacial score (nSPS) is 15.2. The molecule has 2 aromatic rings. The molecule has 0 radical (unpaired) electrons. The van der Waals surface area contributed by atoms with Crippen molar-refractivity contribution >= 4 is 0 Å². The number of hydrogen-bond donors (Lipinski definition) is 1. The highest BCUT2D eigenvalue weighted by Crippen LogP contribution is 2.33. The van der Waals surface area contributed by atoms with Gasteiger partial charge in [0.2, 0.25) is 0 Å². The summed E-state index contributed by atoms with van der Waals surface area (Å²) in [5.74, 6) is 0.772. The van der Waals surface area contributed by atoms with Crippen LogP contribution >= 0.6 is 0 Å². The third kappa shape index (κ3) is 2.66. The van der Waals surface area contributed by atoms with Crippen LogP contribution in [-0.2, 0) is 6.61 Å². The third-order valence-electron chi connectivity index (χ3n) is 4.42. The molecular weight excluding hydrogens is 278 g/mol. The summed E-state index contributed by atoms with van der Waals surface area (Å²) in [6.45, 7) is -0.218. The van der Waals surface area contributed by atoms with Crippen molar-refractivity contribution < 1.29 is 9.84 Å². The topological polar surface area (TPSA) is 51.5 Å². The first-order valence-electron chi connectivity index (χ1n) is 7.74. The Morgan fingerprint density at radius 3 is 2.68 bits per heavy atom. The lowest BCUT2D eigenvalue weighted by Crippen LogP contribution is -2.27. The highest BCUT2D eigenvalue weighted by molar-refractivity contribution is 5.62. The number of benzene rings is 1. The molecule has 0 amide bonds. The molecule has 1 aromatic carbocycles. The van der Waals surface area contributed by atoms with Gasteiger partial charge in [0.25, 0.3) is 5.56 Å². The van der Waals surface area contributed by atoms with Gasteiger partial charge in [-0.2, -0.15) is 0 Å². The van der Waals surface area contributed by atoms with Gasteiger partial charge in [0.1, 0.15) is 5.75 Å². The molecule has 0 saturated heterocycles. The van der Waals surface area contributed by atoms with Gasteiger partial charge < -0.3 is 14.4 Å². The van der Waals surface area contributed by atoms with Crippen molar-refractivity contribution in [2.45, 2.75) is 38.3 Å². The molecule has 116 valence electrons. The van der Waals surface area contributed by atoms with Crippen molar-refractivity contribution in [3.05, 3.63) is 52.3 Å². The van der Waals surface area contributed by atoms with E-state index >= 15 is 0 Å². The molecule has 4 heteroatoms. The maximum Gasteiger partial charge on any atom is 0.256 e. The first-order chi connectivity index (χ1) is 10.7. The van der Waals surface area contributed by atoms with E-state index in [0.29, 0.717) is 5.56 Å². The van der Waals surface area contributed by atoms with Crippen LogP contribution in [0.15, 0.2) is 41.2 Å². The molecule has 3 rings (SSSR count). The van der Waals surface area contributed by atoms with Crippen LogP contribution < -0.4 is 10.3 Å². The molecule has 1 aliphatic carbocycles. The molecule has 0 aliphatic heterocycles. The van der Waals surface area contributed by atoms with Crippen LogP contribution in [-0.4, -0.2) is 16.8 Å². The zero-order valence-corrected chi connectivity index (χ0v) is 12.8. The predicted molar refractivity (Wildman–Crippen MR) is 86.1 cm³/mol. The fourth-order valence-corrected chi connectivity index (χ4v) is 3.26. The lowest BCUT2D eigenvalue weighted by Gasteiger charge is -2.20. The monoisotopic (exact) mass is 299 g/mol. The second-order valence-electron chi connectivity index (χ2n) is 5.75. The van der Waals surface area contributed by atoms with Crippen molar-refractivity contribution in [1.82, 2.24) is 4.57 Å². The summed E-state index contributed by atoms with van der Waals surface area (Å²) in [6, 6.07) is 11.6. The Balaban J connectivity index is 2.17. The molecule has 0 atom stereocenters. The lowest BCUT2D eigenvalue weighted by atomic mass is 10.1. The summed E-state index contributed by atoms with van der Waals surface area (Å²) < 4.78 is 7.16. The predicted octanol–water partition coefficient (Wildman–Crippen LogP) is 3.13. The van der Waals surface area contributed by atoms with Crippen molar-refractivity contribution in [2.24, 2.45) is 0 Å². The third-order valence-corrected chi connectivity index (χ3v) is 4.42. The van der Waals surface area contributed by atoms with Crippen LogP contribution in [0, 0.1) is 0 Å².